The summed E-state index contributed by atoms with van der Waals surface area (Å²) in [6.45, 7) is 8.51. The zero-order valence-electron chi connectivity index (χ0n) is 16.8. The Hall–Kier alpha value is -2.95. The number of nitrogens with one attached hydrogen (secondary N) is 2. The molecular weight excluding hydrogens is 350 g/mol. The first-order chi connectivity index (χ1) is 13.5. The predicted molar refractivity (Wildman–Crippen MR) is 112 cm³/mol. The highest BCUT2D eigenvalue weighted by atomic mass is 16.5. The van der Waals surface area contributed by atoms with Gasteiger partial charge in [-0.25, -0.2) is 4.79 Å². The molecule has 0 amide bonds. The summed E-state index contributed by atoms with van der Waals surface area (Å²) in [6.07, 6.45) is -0.106. The quantitative estimate of drug-likeness (QED) is 0.768. The van der Waals surface area contributed by atoms with E-state index in [1.54, 1.807) is 0 Å². The van der Waals surface area contributed by atoms with Gasteiger partial charge in [-0.05, 0) is 43.0 Å². The summed E-state index contributed by atoms with van der Waals surface area (Å²) < 4.78 is 5.42. The van der Waals surface area contributed by atoms with Gasteiger partial charge in [-0.3, -0.25) is 0 Å². The van der Waals surface area contributed by atoms with Crippen molar-refractivity contribution >= 4 is 17.3 Å². The zero-order chi connectivity index (χ0) is 19.8. The number of rotatable bonds is 4. The minimum atomic E-state index is -0.270. The molecule has 146 valence electrons. The van der Waals surface area contributed by atoms with Gasteiger partial charge in [0.2, 0.25) is 0 Å². The van der Waals surface area contributed by atoms with Gasteiger partial charge in [-0.2, -0.15) is 0 Å². The Morgan fingerprint density at radius 1 is 1.11 bits per heavy atom. The summed E-state index contributed by atoms with van der Waals surface area (Å²) in [6, 6.07) is 16.6. The predicted octanol–water partition coefficient (Wildman–Crippen LogP) is 4.51. The number of para-hydroxylation sites is 2. The van der Waals surface area contributed by atoms with Gasteiger partial charge in [0, 0.05) is 5.70 Å². The number of anilines is 2. The van der Waals surface area contributed by atoms with E-state index in [4.69, 9.17) is 4.74 Å². The fraction of sp³-hybridized carbons (Fsp3) is 0.348. The number of carbonyl (C=O) groups is 1. The fourth-order valence-corrected chi connectivity index (χ4v) is 4.06. The van der Waals surface area contributed by atoms with Crippen LogP contribution >= 0.6 is 0 Å². The highest BCUT2D eigenvalue weighted by Crippen LogP contribution is 2.45. The molecule has 0 bridgehead atoms. The number of ether oxygens (including phenoxy) is 1. The average molecular weight is 377 g/mol. The normalized spacial score (nSPS) is 20.4. The molecule has 2 atom stereocenters. The molecule has 0 saturated carbocycles. The lowest BCUT2D eigenvalue weighted by molar-refractivity contribution is -0.139. The SMILES string of the molecule is CCOC(=O)C1=C(C)NC2Nc3ccccc3N2C1c1ccc(C(C)C)cc1. The van der Waals surface area contributed by atoms with Crippen molar-refractivity contribution in [3.05, 3.63) is 70.9 Å². The lowest BCUT2D eigenvalue weighted by Crippen LogP contribution is -2.53. The van der Waals surface area contributed by atoms with Gasteiger partial charge in [-0.15, -0.1) is 0 Å². The van der Waals surface area contributed by atoms with Crippen molar-refractivity contribution in [3.8, 4) is 0 Å². The van der Waals surface area contributed by atoms with Gasteiger partial charge >= 0.3 is 5.97 Å². The van der Waals surface area contributed by atoms with E-state index in [1.165, 1.54) is 5.56 Å². The summed E-state index contributed by atoms with van der Waals surface area (Å²) in [5.41, 5.74) is 6.00. The van der Waals surface area contributed by atoms with Crippen LogP contribution in [-0.4, -0.2) is 18.9 Å². The van der Waals surface area contributed by atoms with Crippen LogP contribution in [0.3, 0.4) is 0 Å². The molecule has 0 saturated heterocycles. The number of carbonyl (C=O) groups excluding carboxylic acids is 1. The van der Waals surface area contributed by atoms with E-state index in [2.05, 4.69) is 65.8 Å². The Morgan fingerprint density at radius 3 is 2.50 bits per heavy atom. The van der Waals surface area contributed by atoms with Gasteiger partial charge in [0.15, 0.2) is 6.29 Å². The summed E-state index contributed by atoms with van der Waals surface area (Å²) in [5, 5.41) is 6.95. The van der Waals surface area contributed by atoms with E-state index in [0.29, 0.717) is 18.1 Å². The van der Waals surface area contributed by atoms with Gasteiger partial charge in [0.25, 0.3) is 0 Å². The minimum Gasteiger partial charge on any atom is -0.463 e. The third-order valence-electron chi connectivity index (χ3n) is 5.48. The fourth-order valence-electron chi connectivity index (χ4n) is 4.06. The minimum absolute atomic E-state index is 0.106. The van der Waals surface area contributed by atoms with E-state index in [1.807, 2.05) is 26.0 Å². The van der Waals surface area contributed by atoms with Crippen LogP contribution in [0, 0.1) is 0 Å². The number of hydrogen-bond donors (Lipinski definition) is 2. The molecule has 2 aliphatic rings. The van der Waals surface area contributed by atoms with Crippen LogP contribution in [0.15, 0.2) is 59.8 Å². The van der Waals surface area contributed by atoms with Crippen LogP contribution in [0.25, 0.3) is 0 Å². The Labute approximate surface area is 166 Å². The molecule has 2 aliphatic heterocycles. The van der Waals surface area contributed by atoms with E-state index < -0.39 is 0 Å². The van der Waals surface area contributed by atoms with Gasteiger partial charge in [0.05, 0.1) is 29.6 Å². The molecule has 4 rings (SSSR count). The topological polar surface area (TPSA) is 53.6 Å². The van der Waals surface area contributed by atoms with Crippen molar-refractivity contribution in [1.82, 2.24) is 5.32 Å². The van der Waals surface area contributed by atoms with Crippen molar-refractivity contribution < 1.29 is 9.53 Å². The largest absolute Gasteiger partial charge is 0.463 e. The number of hydrogen-bond acceptors (Lipinski definition) is 5. The first kappa shape index (κ1) is 18.4. The molecule has 2 aromatic carbocycles. The van der Waals surface area contributed by atoms with Crippen molar-refractivity contribution in [2.75, 3.05) is 16.8 Å². The number of allylic oxidation sites excluding steroid dienone is 1. The van der Waals surface area contributed by atoms with Gasteiger partial charge < -0.3 is 20.3 Å². The third-order valence-corrected chi connectivity index (χ3v) is 5.48. The average Bonchev–Trinajstić information content (AvgIpc) is 3.05. The highest BCUT2D eigenvalue weighted by molar-refractivity contribution is 5.93. The maximum absolute atomic E-state index is 12.9. The first-order valence-electron chi connectivity index (χ1n) is 9.89. The van der Waals surface area contributed by atoms with Crippen LogP contribution in [0.1, 0.15) is 50.8 Å². The van der Waals surface area contributed by atoms with Gasteiger partial charge in [0.1, 0.15) is 0 Å². The monoisotopic (exact) mass is 377 g/mol. The lowest BCUT2D eigenvalue weighted by Gasteiger charge is -2.41. The Bertz CT molecular complexity index is 918. The second-order valence-electron chi connectivity index (χ2n) is 7.60. The van der Waals surface area contributed by atoms with E-state index in [9.17, 15) is 4.79 Å². The molecule has 2 N–H and O–H groups in total. The Morgan fingerprint density at radius 2 is 1.82 bits per heavy atom. The van der Waals surface area contributed by atoms with E-state index >= 15 is 0 Å². The van der Waals surface area contributed by atoms with Crippen molar-refractivity contribution in [2.24, 2.45) is 0 Å². The van der Waals surface area contributed by atoms with Crippen LogP contribution in [-0.2, 0) is 9.53 Å². The first-order valence-corrected chi connectivity index (χ1v) is 9.89. The summed E-state index contributed by atoms with van der Waals surface area (Å²) in [7, 11) is 0. The standard InChI is InChI=1S/C23H27N3O2/c1-5-28-22(27)20-15(4)24-23-25-18-8-6-7-9-19(18)26(23)21(20)17-12-10-16(11-13-17)14(2)3/h6-14,21,23-25H,5H2,1-4H3. The van der Waals surface area contributed by atoms with Crippen molar-refractivity contribution in [3.63, 3.8) is 0 Å². The number of benzene rings is 2. The number of esters is 1. The Kier molecular flexibility index (Phi) is 4.75. The van der Waals surface area contributed by atoms with Crippen LogP contribution < -0.4 is 15.5 Å². The molecule has 0 spiro atoms. The van der Waals surface area contributed by atoms with Gasteiger partial charge in [-0.1, -0.05) is 50.2 Å². The third kappa shape index (κ3) is 3.01. The van der Waals surface area contributed by atoms with E-state index in [0.717, 1.165) is 22.6 Å². The molecule has 2 heterocycles. The molecule has 0 aliphatic carbocycles. The molecule has 5 nitrogen and oxygen atoms in total. The summed E-state index contributed by atoms with van der Waals surface area (Å²) >= 11 is 0. The van der Waals surface area contributed by atoms with Crippen molar-refractivity contribution in [2.45, 2.75) is 45.9 Å². The summed E-state index contributed by atoms with van der Waals surface area (Å²) in [5.74, 6) is 0.194. The maximum atomic E-state index is 12.9. The maximum Gasteiger partial charge on any atom is 0.338 e. The molecule has 5 heteroatoms. The Balaban J connectivity index is 1.84. The number of nitrogens with zero attached hydrogens (tertiary/aromatic N) is 1. The molecule has 0 radical (unpaired) electrons. The molecule has 0 aromatic heterocycles. The van der Waals surface area contributed by atoms with Crippen LogP contribution in [0.4, 0.5) is 11.4 Å². The summed E-state index contributed by atoms with van der Waals surface area (Å²) in [4.78, 5) is 15.1. The smallest absolute Gasteiger partial charge is 0.338 e. The number of fused-ring (bicyclic) bond motifs is 3. The van der Waals surface area contributed by atoms with E-state index in [-0.39, 0.29) is 18.3 Å². The van der Waals surface area contributed by atoms with Crippen LogP contribution in [0.5, 0.6) is 0 Å². The molecule has 0 fully saturated rings. The second-order valence-corrected chi connectivity index (χ2v) is 7.60. The highest BCUT2D eigenvalue weighted by Gasteiger charge is 2.43. The molecule has 28 heavy (non-hydrogen) atoms. The van der Waals surface area contributed by atoms with Crippen molar-refractivity contribution in [1.29, 1.82) is 0 Å². The lowest BCUT2D eigenvalue weighted by atomic mass is 9.91. The second kappa shape index (κ2) is 7.23. The zero-order valence-corrected chi connectivity index (χ0v) is 16.8. The van der Waals surface area contributed by atoms with Crippen LogP contribution in [0.2, 0.25) is 0 Å². The molecule has 2 aromatic rings. The molecular formula is C23H27N3O2. The molecule has 2 unspecified atom stereocenters.